The SMILES string of the molecule is COCCN=C(Nc1c(C(C)C)cccc1C(C)C)c1cccc(C(=NCCOC)Nc2c(C(C)C)cccc2C(C)C)n1. The van der Waals surface area contributed by atoms with Gasteiger partial charge in [-0.25, -0.2) is 4.98 Å². The number of aromatic nitrogens is 1. The molecular weight excluding hydrogens is 546 g/mol. The van der Waals surface area contributed by atoms with Crippen molar-refractivity contribution in [3.05, 3.63) is 88.2 Å². The fraction of sp³-hybridized carbons (Fsp3) is 0.486. The summed E-state index contributed by atoms with van der Waals surface area (Å²) < 4.78 is 10.7. The highest BCUT2D eigenvalue weighted by molar-refractivity contribution is 6.11. The zero-order valence-electron chi connectivity index (χ0n) is 28.5. The summed E-state index contributed by atoms with van der Waals surface area (Å²) in [4.78, 5) is 15.1. The number of amidine groups is 2. The fourth-order valence-electron chi connectivity index (χ4n) is 5.19. The van der Waals surface area contributed by atoms with Crippen LogP contribution in [0.1, 0.15) is 113 Å². The first-order valence-corrected chi connectivity index (χ1v) is 15.9. The van der Waals surface area contributed by atoms with Gasteiger partial charge < -0.3 is 20.1 Å². The van der Waals surface area contributed by atoms with Gasteiger partial charge in [-0.2, -0.15) is 0 Å². The molecule has 0 fully saturated rings. The normalized spacial score (nSPS) is 12.6. The van der Waals surface area contributed by atoms with Crippen molar-refractivity contribution in [3.63, 3.8) is 0 Å². The lowest BCUT2D eigenvalue weighted by atomic mass is 9.92. The molecule has 3 rings (SSSR count). The van der Waals surface area contributed by atoms with E-state index < -0.39 is 0 Å². The van der Waals surface area contributed by atoms with Crippen LogP contribution in [0.25, 0.3) is 0 Å². The summed E-state index contributed by atoms with van der Waals surface area (Å²) in [7, 11) is 3.39. The van der Waals surface area contributed by atoms with Crippen molar-refractivity contribution in [2.45, 2.75) is 79.1 Å². The van der Waals surface area contributed by atoms with Gasteiger partial charge in [-0.1, -0.05) is 97.9 Å². The molecule has 0 aliphatic heterocycles. The first-order chi connectivity index (χ1) is 21.1. The Kier molecular flexibility index (Phi) is 13.6. The summed E-state index contributed by atoms with van der Waals surface area (Å²) in [5, 5.41) is 7.44. The molecule has 0 bridgehead atoms. The summed E-state index contributed by atoms with van der Waals surface area (Å²) in [6.07, 6.45) is 0. The Bertz CT molecular complexity index is 1250. The molecule has 7 heteroatoms. The highest BCUT2D eigenvalue weighted by Gasteiger charge is 2.20. The Labute approximate surface area is 265 Å². The van der Waals surface area contributed by atoms with E-state index in [-0.39, 0.29) is 0 Å². The number of anilines is 2. The third-order valence-corrected chi connectivity index (χ3v) is 7.60. The summed E-state index contributed by atoms with van der Waals surface area (Å²) >= 11 is 0. The number of para-hydroxylation sites is 2. The van der Waals surface area contributed by atoms with Gasteiger partial charge in [-0.05, 0) is 58.1 Å². The van der Waals surface area contributed by atoms with Crippen molar-refractivity contribution in [1.82, 2.24) is 4.98 Å². The first kappa shape index (κ1) is 34.9. The molecule has 0 saturated carbocycles. The molecule has 1 heterocycles. The van der Waals surface area contributed by atoms with Crippen LogP contribution in [-0.4, -0.2) is 57.2 Å². The van der Waals surface area contributed by atoms with Crippen molar-refractivity contribution >= 4 is 23.0 Å². The minimum Gasteiger partial charge on any atom is -0.383 e. The largest absolute Gasteiger partial charge is 0.383 e. The van der Waals surface area contributed by atoms with E-state index in [9.17, 15) is 0 Å². The van der Waals surface area contributed by atoms with Gasteiger partial charge in [0, 0.05) is 25.6 Å². The molecule has 3 aromatic rings. The van der Waals surface area contributed by atoms with Crippen LogP contribution in [0.5, 0.6) is 0 Å². The zero-order chi connectivity index (χ0) is 32.2. The van der Waals surface area contributed by atoms with Crippen LogP contribution in [0.4, 0.5) is 11.4 Å². The van der Waals surface area contributed by atoms with Gasteiger partial charge in [0.1, 0.15) is 11.4 Å². The van der Waals surface area contributed by atoms with Crippen molar-refractivity contribution in [3.8, 4) is 0 Å². The quantitative estimate of drug-likeness (QED) is 0.110. The highest BCUT2D eigenvalue weighted by Crippen LogP contribution is 2.34. The van der Waals surface area contributed by atoms with E-state index in [4.69, 9.17) is 24.4 Å². The van der Waals surface area contributed by atoms with Crippen LogP contribution in [0.2, 0.25) is 0 Å². The minimum absolute atomic E-state index is 0.343. The molecule has 0 aliphatic rings. The number of benzene rings is 2. The lowest BCUT2D eigenvalue weighted by Gasteiger charge is -2.23. The third kappa shape index (κ3) is 9.23. The highest BCUT2D eigenvalue weighted by atomic mass is 16.5. The van der Waals surface area contributed by atoms with E-state index in [2.05, 4.69) is 102 Å². The monoisotopic (exact) mass is 599 g/mol. The predicted molar refractivity (Wildman–Crippen MR) is 187 cm³/mol. The number of rotatable bonds is 14. The van der Waals surface area contributed by atoms with Gasteiger partial charge in [0.15, 0.2) is 11.7 Å². The second-order valence-electron chi connectivity index (χ2n) is 12.3. The number of pyridine rings is 1. The molecule has 238 valence electrons. The molecule has 0 atom stereocenters. The Hall–Kier alpha value is -3.55. The van der Waals surface area contributed by atoms with Crippen molar-refractivity contribution < 1.29 is 9.47 Å². The Morgan fingerprint density at radius 1 is 0.568 bits per heavy atom. The van der Waals surface area contributed by atoms with Crippen molar-refractivity contribution in [1.29, 1.82) is 0 Å². The molecule has 2 N–H and O–H groups in total. The molecule has 0 spiro atoms. The van der Waals surface area contributed by atoms with Crippen molar-refractivity contribution in [2.75, 3.05) is 51.2 Å². The molecule has 0 amide bonds. The Balaban J connectivity index is 2.14. The molecular formula is C37H53N5O2. The lowest BCUT2D eigenvalue weighted by molar-refractivity contribution is 0.208. The fourth-order valence-corrected chi connectivity index (χ4v) is 5.19. The van der Waals surface area contributed by atoms with Crippen LogP contribution in [-0.2, 0) is 9.47 Å². The van der Waals surface area contributed by atoms with Crippen LogP contribution in [0.15, 0.2) is 64.6 Å². The first-order valence-electron chi connectivity index (χ1n) is 15.9. The molecule has 1 aromatic heterocycles. The summed E-state index contributed by atoms with van der Waals surface area (Å²) in [6.45, 7) is 19.8. The third-order valence-electron chi connectivity index (χ3n) is 7.60. The van der Waals surface area contributed by atoms with Gasteiger partial charge in [0.25, 0.3) is 0 Å². The average molecular weight is 600 g/mol. The maximum Gasteiger partial charge on any atom is 0.151 e. The van der Waals surface area contributed by atoms with Gasteiger partial charge in [0.05, 0.1) is 26.3 Å². The molecule has 0 radical (unpaired) electrons. The number of nitrogens with zero attached hydrogens (tertiary/aromatic N) is 3. The maximum atomic E-state index is 5.35. The number of hydrogen-bond acceptors (Lipinski definition) is 5. The molecule has 2 aromatic carbocycles. The topological polar surface area (TPSA) is 80.1 Å². The van der Waals surface area contributed by atoms with Crippen LogP contribution < -0.4 is 10.6 Å². The maximum absolute atomic E-state index is 5.35. The number of aliphatic imine (C=N–C) groups is 2. The summed E-state index contributed by atoms with van der Waals surface area (Å²) in [5.74, 6) is 2.79. The van der Waals surface area contributed by atoms with Crippen LogP contribution >= 0.6 is 0 Å². The van der Waals surface area contributed by atoms with Crippen LogP contribution in [0.3, 0.4) is 0 Å². The Morgan fingerprint density at radius 2 is 0.886 bits per heavy atom. The molecule has 7 nitrogen and oxygen atoms in total. The number of nitrogens with one attached hydrogen (secondary N) is 2. The predicted octanol–water partition coefficient (Wildman–Crippen LogP) is 8.59. The Morgan fingerprint density at radius 3 is 1.18 bits per heavy atom. The smallest absolute Gasteiger partial charge is 0.151 e. The standard InChI is InChI=1S/C37H53N5O2/c1-24(2)28-14-11-15-29(25(3)4)34(28)41-36(38-20-22-43-9)32-18-13-19-33(40-32)37(39-21-23-44-10)42-35-30(26(5)6)16-12-17-31(35)27(7)8/h11-19,24-27H,20-23H2,1-10H3,(H,38,41)(H,39,42). The van der Waals surface area contributed by atoms with E-state index in [1.807, 2.05) is 18.2 Å². The summed E-state index contributed by atoms with van der Waals surface area (Å²) in [6, 6.07) is 19.1. The second kappa shape index (κ2) is 17.1. The number of ether oxygens (including phenoxy) is 2. The van der Waals surface area contributed by atoms with E-state index in [1.165, 1.54) is 22.3 Å². The molecule has 0 unspecified atom stereocenters. The zero-order valence-corrected chi connectivity index (χ0v) is 28.5. The lowest BCUT2D eigenvalue weighted by Crippen LogP contribution is -2.23. The van der Waals surface area contributed by atoms with E-state index >= 15 is 0 Å². The minimum atomic E-state index is 0.343. The molecule has 0 aliphatic carbocycles. The van der Waals surface area contributed by atoms with E-state index in [0.29, 0.717) is 61.6 Å². The van der Waals surface area contributed by atoms with Gasteiger partial charge in [-0.15, -0.1) is 0 Å². The second-order valence-corrected chi connectivity index (χ2v) is 12.3. The number of methoxy groups -OCH3 is 2. The molecule has 44 heavy (non-hydrogen) atoms. The van der Waals surface area contributed by atoms with Gasteiger partial charge in [-0.3, -0.25) is 9.98 Å². The van der Waals surface area contributed by atoms with Gasteiger partial charge >= 0.3 is 0 Å². The van der Waals surface area contributed by atoms with Gasteiger partial charge in [0.2, 0.25) is 0 Å². The average Bonchev–Trinajstić information content (AvgIpc) is 2.99. The molecule has 0 saturated heterocycles. The summed E-state index contributed by atoms with van der Waals surface area (Å²) in [5.41, 5.74) is 8.69. The van der Waals surface area contributed by atoms with E-state index in [1.54, 1.807) is 14.2 Å². The number of hydrogen-bond donors (Lipinski definition) is 2. The van der Waals surface area contributed by atoms with Crippen molar-refractivity contribution in [2.24, 2.45) is 9.98 Å². The van der Waals surface area contributed by atoms with Crippen LogP contribution in [0, 0.1) is 0 Å². The van der Waals surface area contributed by atoms with E-state index in [0.717, 1.165) is 22.8 Å².